The number of nitrogens with one attached hydrogen (secondary N) is 3. The summed E-state index contributed by atoms with van der Waals surface area (Å²) < 4.78 is 14.6. The highest BCUT2D eigenvalue weighted by Crippen LogP contribution is 2.44. The first-order chi connectivity index (χ1) is 11.6. The molecule has 3 aromatic heterocycles. The van der Waals surface area contributed by atoms with E-state index in [1.54, 1.807) is 6.20 Å². The van der Waals surface area contributed by atoms with Crippen molar-refractivity contribution in [1.29, 1.82) is 0 Å². The van der Waals surface area contributed by atoms with Crippen LogP contribution in [-0.2, 0) is 0 Å². The summed E-state index contributed by atoms with van der Waals surface area (Å²) in [5.41, 5.74) is 2.43. The van der Waals surface area contributed by atoms with Crippen LogP contribution < -0.4 is 10.9 Å². The Bertz CT molecular complexity index is 992. The van der Waals surface area contributed by atoms with E-state index in [0.29, 0.717) is 22.5 Å². The van der Waals surface area contributed by atoms with E-state index in [1.165, 1.54) is 11.3 Å². The largest absolute Gasteiger partial charge is 0.308 e. The molecule has 0 amide bonds. The van der Waals surface area contributed by atoms with Gasteiger partial charge in [-0.2, -0.15) is 5.10 Å². The number of aryl methyl sites for hydroxylation is 1. The van der Waals surface area contributed by atoms with Crippen LogP contribution in [0.4, 0.5) is 4.39 Å². The highest BCUT2D eigenvalue weighted by molar-refractivity contribution is 7.22. The second kappa shape index (κ2) is 4.97. The van der Waals surface area contributed by atoms with Crippen molar-refractivity contribution in [2.45, 2.75) is 38.0 Å². The molecule has 1 aliphatic carbocycles. The van der Waals surface area contributed by atoms with Crippen molar-refractivity contribution >= 4 is 21.6 Å². The summed E-state index contributed by atoms with van der Waals surface area (Å²) in [5, 5.41) is 10.3. The minimum Gasteiger partial charge on any atom is -0.308 e. The first-order valence-electron chi connectivity index (χ1n) is 8.04. The van der Waals surface area contributed by atoms with Gasteiger partial charge in [0.25, 0.3) is 5.56 Å². The molecule has 24 heavy (non-hydrogen) atoms. The Kier molecular flexibility index (Phi) is 2.96. The number of aromatic nitrogens is 4. The third-order valence-electron chi connectivity index (χ3n) is 5.17. The fourth-order valence-corrected chi connectivity index (χ4v) is 5.06. The highest BCUT2D eigenvalue weighted by Gasteiger charge is 2.48. The molecule has 3 aromatic rings. The number of fused-ring (bicyclic) bond motifs is 3. The summed E-state index contributed by atoms with van der Waals surface area (Å²) in [7, 11) is 0. The van der Waals surface area contributed by atoms with Gasteiger partial charge in [-0.05, 0) is 25.8 Å². The highest BCUT2D eigenvalue weighted by atomic mass is 32.1. The predicted octanol–water partition coefficient (Wildman–Crippen LogP) is 2.44. The van der Waals surface area contributed by atoms with E-state index in [1.807, 2.05) is 13.0 Å². The Morgan fingerprint density at radius 1 is 1.38 bits per heavy atom. The third-order valence-corrected chi connectivity index (χ3v) is 6.32. The Morgan fingerprint density at radius 2 is 2.25 bits per heavy atom. The van der Waals surface area contributed by atoms with Gasteiger partial charge in [0, 0.05) is 28.1 Å². The van der Waals surface area contributed by atoms with Crippen molar-refractivity contribution in [2.75, 3.05) is 0 Å². The van der Waals surface area contributed by atoms with Gasteiger partial charge in [-0.25, -0.2) is 9.37 Å². The smallest absolute Gasteiger partial charge is 0.268 e. The molecule has 2 aliphatic rings. The minimum atomic E-state index is -0.811. The molecule has 124 valence electrons. The van der Waals surface area contributed by atoms with E-state index in [0.717, 1.165) is 22.6 Å². The van der Waals surface area contributed by atoms with Crippen LogP contribution in [0, 0.1) is 12.8 Å². The Hall–Kier alpha value is -2.06. The molecule has 0 spiro atoms. The van der Waals surface area contributed by atoms with Gasteiger partial charge in [0.05, 0.1) is 17.8 Å². The van der Waals surface area contributed by atoms with Gasteiger partial charge in [-0.1, -0.05) is 0 Å². The van der Waals surface area contributed by atoms with Crippen LogP contribution in [0.2, 0.25) is 0 Å². The molecule has 2 fully saturated rings. The van der Waals surface area contributed by atoms with E-state index in [-0.39, 0.29) is 23.6 Å². The van der Waals surface area contributed by atoms with Crippen LogP contribution >= 0.6 is 11.3 Å². The molecule has 1 saturated carbocycles. The second-order valence-electron chi connectivity index (χ2n) is 6.68. The summed E-state index contributed by atoms with van der Waals surface area (Å²) in [5.74, 6) is 0.459. The molecule has 6 nitrogen and oxygen atoms in total. The number of hydrogen-bond acceptors (Lipinski definition) is 5. The first kappa shape index (κ1) is 14.3. The summed E-state index contributed by atoms with van der Waals surface area (Å²) in [6.07, 6.45) is 2.32. The Morgan fingerprint density at radius 3 is 2.96 bits per heavy atom. The van der Waals surface area contributed by atoms with E-state index in [9.17, 15) is 9.18 Å². The number of halogens is 1. The molecule has 5 rings (SSSR count). The Balaban J connectivity index is 1.60. The van der Waals surface area contributed by atoms with Gasteiger partial charge in [0.15, 0.2) is 0 Å². The fraction of sp³-hybridized carbons (Fsp3) is 0.438. The average molecular weight is 345 g/mol. The molecule has 4 atom stereocenters. The lowest BCUT2D eigenvalue weighted by atomic mass is 9.97. The molecule has 8 heteroatoms. The molecule has 1 aliphatic heterocycles. The van der Waals surface area contributed by atoms with Crippen LogP contribution in [0.25, 0.3) is 20.7 Å². The number of aromatic amines is 2. The average Bonchev–Trinajstić information content (AvgIpc) is 3.28. The zero-order valence-electron chi connectivity index (χ0n) is 13.0. The van der Waals surface area contributed by atoms with Crippen LogP contribution in [0.3, 0.4) is 0 Å². The van der Waals surface area contributed by atoms with Crippen molar-refractivity contribution in [3.05, 3.63) is 34.1 Å². The van der Waals surface area contributed by atoms with E-state index in [2.05, 4.69) is 25.5 Å². The zero-order chi connectivity index (χ0) is 16.4. The molecule has 3 N–H and O–H groups in total. The standard InChI is InChI=1S/C16H16FN5OS/c1-6-9(5-18-22-6)12-4-11-14(24-12)16(23)21-15(20-11)13-8-2-7(19-13)3-10(8)17/h4-5,7-8,10,13,19H,2-3H2,1H3,(H,18,22)(H,20,21,23)/t7-,8+,10+,13+/m1/s1. The third kappa shape index (κ3) is 1.99. The van der Waals surface area contributed by atoms with E-state index >= 15 is 0 Å². The van der Waals surface area contributed by atoms with E-state index in [4.69, 9.17) is 0 Å². The van der Waals surface area contributed by atoms with Crippen molar-refractivity contribution in [1.82, 2.24) is 25.5 Å². The van der Waals surface area contributed by atoms with Crippen molar-refractivity contribution < 1.29 is 4.39 Å². The number of hydrogen-bond donors (Lipinski definition) is 3. The Labute approximate surface area is 140 Å². The summed E-state index contributed by atoms with van der Waals surface area (Å²) in [6.45, 7) is 1.94. The fourth-order valence-electron chi connectivity index (χ4n) is 4.00. The number of thiophene rings is 1. The lowest BCUT2D eigenvalue weighted by Crippen LogP contribution is -2.36. The summed E-state index contributed by atoms with van der Waals surface area (Å²) in [6, 6.07) is 1.91. The normalized spacial score (nSPS) is 28.9. The minimum absolute atomic E-state index is 0.0928. The molecular weight excluding hydrogens is 329 g/mol. The summed E-state index contributed by atoms with van der Waals surface area (Å²) in [4.78, 5) is 20.9. The van der Waals surface area contributed by atoms with Gasteiger partial charge < -0.3 is 10.3 Å². The maximum atomic E-state index is 14.0. The maximum absolute atomic E-state index is 14.0. The number of alkyl halides is 1. The first-order valence-corrected chi connectivity index (χ1v) is 8.86. The number of piperidine rings is 1. The number of nitrogens with zero attached hydrogens (tertiary/aromatic N) is 2. The zero-order valence-corrected chi connectivity index (χ0v) is 13.8. The lowest BCUT2D eigenvalue weighted by molar-refractivity contribution is 0.196. The SMILES string of the molecule is Cc1[nH]ncc1-c1cc2nc([C@H]3N[C@@H]4C[C@H]3[C@@H](F)C4)[nH]c(=O)c2s1. The lowest BCUT2D eigenvalue weighted by Gasteiger charge is -2.24. The molecule has 4 heterocycles. The quantitative estimate of drug-likeness (QED) is 0.666. The van der Waals surface area contributed by atoms with Gasteiger partial charge in [-0.3, -0.25) is 9.89 Å². The van der Waals surface area contributed by atoms with Gasteiger partial charge in [-0.15, -0.1) is 11.3 Å². The van der Waals surface area contributed by atoms with Crippen LogP contribution in [0.1, 0.15) is 30.4 Å². The predicted molar refractivity (Wildman–Crippen MR) is 89.8 cm³/mol. The van der Waals surface area contributed by atoms with Crippen molar-refractivity contribution in [2.24, 2.45) is 5.92 Å². The topological polar surface area (TPSA) is 86.5 Å². The van der Waals surface area contributed by atoms with Gasteiger partial charge in [0.2, 0.25) is 0 Å². The maximum Gasteiger partial charge on any atom is 0.268 e. The number of rotatable bonds is 2. The van der Waals surface area contributed by atoms with Crippen molar-refractivity contribution in [3.8, 4) is 10.4 Å². The van der Waals surface area contributed by atoms with Gasteiger partial charge in [0.1, 0.15) is 16.7 Å². The summed E-state index contributed by atoms with van der Waals surface area (Å²) >= 11 is 1.40. The van der Waals surface area contributed by atoms with Crippen LogP contribution in [0.5, 0.6) is 0 Å². The monoisotopic (exact) mass is 345 g/mol. The number of H-pyrrole nitrogens is 2. The second-order valence-corrected chi connectivity index (χ2v) is 7.73. The molecule has 1 saturated heterocycles. The van der Waals surface area contributed by atoms with E-state index < -0.39 is 6.17 Å². The van der Waals surface area contributed by atoms with Gasteiger partial charge >= 0.3 is 0 Å². The molecule has 2 bridgehead atoms. The van der Waals surface area contributed by atoms with Crippen LogP contribution in [0.15, 0.2) is 17.1 Å². The molecule has 0 aromatic carbocycles. The molecule has 0 radical (unpaired) electrons. The molecule has 0 unspecified atom stereocenters. The molecular formula is C16H16FN5OS. The van der Waals surface area contributed by atoms with Crippen LogP contribution in [-0.4, -0.2) is 32.4 Å². The van der Waals surface area contributed by atoms with Crippen molar-refractivity contribution in [3.63, 3.8) is 0 Å².